The van der Waals surface area contributed by atoms with Crippen LogP contribution >= 0.6 is 0 Å². The molecule has 0 saturated carbocycles. The highest BCUT2D eigenvalue weighted by molar-refractivity contribution is 5.78. The van der Waals surface area contributed by atoms with E-state index in [9.17, 15) is 4.79 Å². The van der Waals surface area contributed by atoms with Crippen LogP contribution in [0.3, 0.4) is 0 Å². The first-order valence-electron chi connectivity index (χ1n) is 8.98. The molecule has 1 aromatic heterocycles. The zero-order chi connectivity index (χ0) is 18.2. The average molecular weight is 349 g/mol. The highest BCUT2D eigenvalue weighted by Crippen LogP contribution is 2.22. The number of fused-ring (bicyclic) bond motifs is 1. The van der Waals surface area contributed by atoms with Crippen LogP contribution in [-0.4, -0.2) is 16.1 Å². The van der Waals surface area contributed by atoms with E-state index in [1.165, 1.54) is 5.56 Å². The van der Waals surface area contributed by atoms with Gasteiger partial charge in [-0.25, -0.2) is 0 Å². The molecule has 0 radical (unpaired) electrons. The number of aryl methyl sites for hydroxylation is 1. The van der Waals surface area contributed by atoms with Gasteiger partial charge in [-0.15, -0.1) is 0 Å². The first-order valence-corrected chi connectivity index (χ1v) is 8.98. The molecule has 0 aliphatic rings. The van der Waals surface area contributed by atoms with Gasteiger partial charge in [0.2, 0.25) is 0 Å². The summed E-state index contributed by atoms with van der Waals surface area (Å²) >= 11 is 0. The minimum absolute atomic E-state index is 0.244. The number of ether oxygens (including phenoxy) is 1. The molecule has 4 heteroatoms. The molecule has 3 aromatic rings. The maximum atomic E-state index is 10.6. The fourth-order valence-electron chi connectivity index (χ4n) is 2.98. The number of benzene rings is 2. The third-order valence-corrected chi connectivity index (χ3v) is 4.37. The van der Waals surface area contributed by atoms with Crippen LogP contribution in [0.15, 0.2) is 60.8 Å². The van der Waals surface area contributed by atoms with Gasteiger partial charge in [0.1, 0.15) is 12.4 Å². The highest BCUT2D eigenvalue weighted by Gasteiger charge is 2.05. The molecule has 0 bridgehead atoms. The van der Waals surface area contributed by atoms with Crippen molar-refractivity contribution in [3.05, 3.63) is 71.9 Å². The Bertz CT molecular complexity index is 876. The quantitative estimate of drug-likeness (QED) is 0.552. The normalized spacial score (nSPS) is 10.8. The average Bonchev–Trinajstić information content (AvgIpc) is 2.66. The van der Waals surface area contributed by atoms with E-state index in [2.05, 4.69) is 29.2 Å². The van der Waals surface area contributed by atoms with Crippen molar-refractivity contribution in [2.24, 2.45) is 0 Å². The zero-order valence-electron chi connectivity index (χ0n) is 14.7. The number of aromatic nitrogens is 1. The predicted molar refractivity (Wildman–Crippen MR) is 102 cm³/mol. The summed E-state index contributed by atoms with van der Waals surface area (Å²) in [5, 5.41) is 9.82. The molecule has 26 heavy (non-hydrogen) atoms. The molecule has 0 atom stereocenters. The van der Waals surface area contributed by atoms with Gasteiger partial charge >= 0.3 is 5.97 Å². The van der Waals surface area contributed by atoms with Crippen LogP contribution in [-0.2, 0) is 17.8 Å². The summed E-state index contributed by atoms with van der Waals surface area (Å²) in [4.78, 5) is 15.0. The second kappa shape index (κ2) is 8.99. The Morgan fingerprint density at radius 3 is 2.77 bits per heavy atom. The van der Waals surface area contributed by atoms with E-state index in [-0.39, 0.29) is 6.42 Å². The minimum atomic E-state index is -0.724. The van der Waals surface area contributed by atoms with Gasteiger partial charge in [0, 0.05) is 18.0 Å². The van der Waals surface area contributed by atoms with Crippen molar-refractivity contribution in [3.8, 4) is 5.75 Å². The molecule has 0 unspecified atom stereocenters. The van der Waals surface area contributed by atoms with Crippen molar-refractivity contribution in [2.75, 3.05) is 0 Å². The van der Waals surface area contributed by atoms with E-state index in [1.54, 1.807) is 6.20 Å². The van der Waals surface area contributed by atoms with E-state index >= 15 is 0 Å². The maximum Gasteiger partial charge on any atom is 0.303 e. The van der Waals surface area contributed by atoms with E-state index in [0.717, 1.165) is 47.9 Å². The molecule has 0 saturated heterocycles. The minimum Gasteiger partial charge on any atom is -0.489 e. The van der Waals surface area contributed by atoms with Crippen LogP contribution in [0.25, 0.3) is 10.9 Å². The van der Waals surface area contributed by atoms with Gasteiger partial charge in [-0.05, 0) is 48.6 Å². The monoisotopic (exact) mass is 349 g/mol. The molecular formula is C22H23NO3. The van der Waals surface area contributed by atoms with Gasteiger partial charge in [-0.3, -0.25) is 9.78 Å². The van der Waals surface area contributed by atoms with Gasteiger partial charge in [0.05, 0.1) is 5.52 Å². The van der Waals surface area contributed by atoms with Crippen LogP contribution in [0.5, 0.6) is 5.75 Å². The molecule has 1 heterocycles. The summed E-state index contributed by atoms with van der Waals surface area (Å²) in [6.07, 6.45) is 5.54. The Hall–Kier alpha value is -2.88. The van der Waals surface area contributed by atoms with Crippen molar-refractivity contribution in [3.63, 3.8) is 0 Å². The lowest BCUT2D eigenvalue weighted by atomic mass is 10.1. The first-order chi connectivity index (χ1) is 12.7. The Labute approximate surface area is 153 Å². The molecule has 0 aliphatic heterocycles. The van der Waals surface area contributed by atoms with Crippen LogP contribution in [0.4, 0.5) is 0 Å². The van der Waals surface area contributed by atoms with Crippen molar-refractivity contribution in [1.29, 1.82) is 0 Å². The second-order valence-electron chi connectivity index (χ2n) is 6.38. The van der Waals surface area contributed by atoms with Crippen molar-refractivity contribution < 1.29 is 14.6 Å². The van der Waals surface area contributed by atoms with Gasteiger partial charge in [-0.2, -0.15) is 0 Å². The number of hydrogen-bond acceptors (Lipinski definition) is 3. The molecule has 134 valence electrons. The molecule has 0 aliphatic carbocycles. The Balaban J connectivity index is 1.57. The zero-order valence-corrected chi connectivity index (χ0v) is 14.7. The first kappa shape index (κ1) is 17.9. The van der Waals surface area contributed by atoms with Gasteiger partial charge < -0.3 is 9.84 Å². The standard InChI is InChI=1S/C22H23NO3/c24-22(25)11-3-1-2-7-19-8-4-5-10-21(19)26-16-17-12-13-18-9-6-14-23-20(18)15-17/h4-6,8-10,12-15H,1-3,7,11,16H2,(H,24,25). The van der Waals surface area contributed by atoms with Gasteiger partial charge in [0.15, 0.2) is 0 Å². The Kier molecular flexibility index (Phi) is 6.20. The molecule has 4 nitrogen and oxygen atoms in total. The maximum absolute atomic E-state index is 10.6. The van der Waals surface area contributed by atoms with Crippen LogP contribution in [0.1, 0.15) is 36.8 Å². The second-order valence-corrected chi connectivity index (χ2v) is 6.38. The number of carbonyl (C=O) groups is 1. The predicted octanol–water partition coefficient (Wildman–Crippen LogP) is 5.00. The molecule has 0 spiro atoms. The Morgan fingerprint density at radius 2 is 1.88 bits per heavy atom. The number of nitrogens with zero attached hydrogens (tertiary/aromatic N) is 1. The number of aliphatic carboxylic acids is 1. The lowest BCUT2D eigenvalue weighted by Gasteiger charge is -2.12. The number of carboxylic acids is 1. The van der Waals surface area contributed by atoms with Crippen LogP contribution in [0, 0.1) is 0 Å². The summed E-state index contributed by atoms with van der Waals surface area (Å²) in [5.41, 5.74) is 3.23. The van der Waals surface area contributed by atoms with E-state index in [1.807, 2.05) is 30.3 Å². The fourth-order valence-corrected chi connectivity index (χ4v) is 2.98. The topological polar surface area (TPSA) is 59.4 Å². The summed E-state index contributed by atoms with van der Waals surface area (Å²) < 4.78 is 6.05. The van der Waals surface area contributed by atoms with E-state index < -0.39 is 5.97 Å². The third-order valence-electron chi connectivity index (χ3n) is 4.37. The molecule has 0 amide bonds. The van der Waals surface area contributed by atoms with Gasteiger partial charge in [-0.1, -0.05) is 42.8 Å². The highest BCUT2D eigenvalue weighted by atomic mass is 16.5. The van der Waals surface area contributed by atoms with E-state index in [4.69, 9.17) is 9.84 Å². The molecule has 1 N–H and O–H groups in total. The molecule has 2 aromatic carbocycles. The fraction of sp³-hybridized carbons (Fsp3) is 0.273. The van der Waals surface area contributed by atoms with Crippen molar-refractivity contribution in [2.45, 2.75) is 38.7 Å². The smallest absolute Gasteiger partial charge is 0.303 e. The number of para-hydroxylation sites is 1. The summed E-state index contributed by atoms with van der Waals surface area (Å²) in [6.45, 7) is 0.503. The number of unbranched alkanes of at least 4 members (excludes halogenated alkanes) is 2. The number of carboxylic acid groups (broad SMARTS) is 1. The van der Waals surface area contributed by atoms with Crippen molar-refractivity contribution in [1.82, 2.24) is 4.98 Å². The van der Waals surface area contributed by atoms with Crippen molar-refractivity contribution >= 4 is 16.9 Å². The lowest BCUT2D eigenvalue weighted by Crippen LogP contribution is -1.99. The largest absolute Gasteiger partial charge is 0.489 e. The number of hydrogen-bond donors (Lipinski definition) is 1. The molecular weight excluding hydrogens is 326 g/mol. The van der Waals surface area contributed by atoms with E-state index in [0.29, 0.717) is 6.61 Å². The summed E-state index contributed by atoms with van der Waals surface area (Å²) in [6, 6.07) is 18.2. The number of rotatable bonds is 9. The van der Waals surface area contributed by atoms with Crippen LogP contribution in [0.2, 0.25) is 0 Å². The molecule has 0 fully saturated rings. The van der Waals surface area contributed by atoms with Gasteiger partial charge in [0.25, 0.3) is 0 Å². The number of pyridine rings is 1. The molecule has 3 rings (SSSR count). The lowest BCUT2D eigenvalue weighted by molar-refractivity contribution is -0.137. The van der Waals surface area contributed by atoms with Crippen LogP contribution < -0.4 is 4.74 Å². The third kappa shape index (κ3) is 5.06. The Morgan fingerprint density at radius 1 is 1.00 bits per heavy atom. The summed E-state index contributed by atoms with van der Waals surface area (Å²) in [7, 11) is 0. The SMILES string of the molecule is O=C(O)CCCCCc1ccccc1OCc1ccc2cccnc2c1. The summed E-state index contributed by atoms with van der Waals surface area (Å²) in [5.74, 6) is 0.172.